The van der Waals surface area contributed by atoms with E-state index >= 15 is 0 Å². The Hall–Kier alpha value is -3.73. The highest BCUT2D eigenvalue weighted by Gasteiger charge is 2.52. The van der Waals surface area contributed by atoms with Crippen LogP contribution in [0.2, 0.25) is 0 Å². The van der Waals surface area contributed by atoms with Crippen molar-refractivity contribution in [3.63, 3.8) is 0 Å². The summed E-state index contributed by atoms with van der Waals surface area (Å²) in [4.78, 5) is 35.4. The molecule has 2 amide bonds. The van der Waals surface area contributed by atoms with Crippen LogP contribution in [0.1, 0.15) is 22.7 Å². The molecule has 1 fully saturated rings. The van der Waals surface area contributed by atoms with E-state index in [0.717, 1.165) is 29.9 Å². The summed E-state index contributed by atoms with van der Waals surface area (Å²) in [5.74, 6) is -0.132. The maximum atomic E-state index is 13.7. The molecule has 5 heteroatoms. The second-order valence-corrected chi connectivity index (χ2v) is 7.89. The Morgan fingerprint density at radius 2 is 1.70 bits per heavy atom. The lowest BCUT2D eigenvalue weighted by Crippen LogP contribution is -2.42. The molecule has 6 rings (SSSR count). The Bertz CT molecular complexity index is 1220. The maximum Gasteiger partial charge on any atom is 0.261 e. The number of anilines is 2. The highest BCUT2D eigenvalue weighted by molar-refractivity contribution is 6.31. The topological polar surface area (TPSA) is 53.5 Å². The van der Waals surface area contributed by atoms with Crippen LogP contribution < -0.4 is 9.80 Å². The van der Waals surface area contributed by atoms with Gasteiger partial charge in [-0.05, 0) is 47.9 Å². The van der Waals surface area contributed by atoms with E-state index in [4.69, 9.17) is 0 Å². The standard InChI is InChI=1S/C25H19N3O2/c29-24-20-15-17-8-6-13-26-23(17)27-14-12-16-7-4-5-11-19(16)22(27)21(20)25(30)28(24)18-9-2-1-3-10-18/h1-11,13,15,21-22H,12,14H2. The number of rotatable bonds is 1. The van der Waals surface area contributed by atoms with Gasteiger partial charge in [0.1, 0.15) is 5.82 Å². The summed E-state index contributed by atoms with van der Waals surface area (Å²) in [7, 11) is 0. The van der Waals surface area contributed by atoms with Crippen LogP contribution in [0.4, 0.5) is 11.5 Å². The van der Waals surface area contributed by atoms with E-state index in [9.17, 15) is 9.59 Å². The van der Waals surface area contributed by atoms with Crippen LogP contribution in [-0.4, -0.2) is 23.3 Å². The predicted molar refractivity (Wildman–Crippen MR) is 115 cm³/mol. The van der Waals surface area contributed by atoms with Crippen LogP contribution in [0.15, 0.2) is 78.5 Å². The van der Waals surface area contributed by atoms with Crippen LogP contribution in [0.5, 0.6) is 0 Å². The summed E-state index contributed by atoms with van der Waals surface area (Å²) >= 11 is 0. The third-order valence-corrected chi connectivity index (χ3v) is 6.33. The molecule has 0 aliphatic carbocycles. The lowest BCUT2D eigenvalue weighted by atomic mass is 9.82. The van der Waals surface area contributed by atoms with Crippen molar-refractivity contribution in [2.45, 2.75) is 12.5 Å². The number of para-hydroxylation sites is 1. The van der Waals surface area contributed by atoms with Gasteiger partial charge in [-0.3, -0.25) is 9.59 Å². The zero-order valence-corrected chi connectivity index (χ0v) is 16.2. The van der Waals surface area contributed by atoms with Crippen molar-refractivity contribution in [1.29, 1.82) is 0 Å². The Balaban J connectivity index is 1.60. The summed E-state index contributed by atoms with van der Waals surface area (Å²) in [6.07, 6.45) is 4.53. The van der Waals surface area contributed by atoms with E-state index in [-0.39, 0.29) is 17.9 Å². The number of carbonyl (C=O) groups is 2. The molecule has 3 aromatic rings. The first-order valence-corrected chi connectivity index (χ1v) is 10.2. The molecule has 1 saturated heterocycles. The molecule has 5 nitrogen and oxygen atoms in total. The van der Waals surface area contributed by atoms with Crippen molar-refractivity contribution >= 4 is 29.4 Å². The number of hydrogen-bond donors (Lipinski definition) is 0. The number of pyridine rings is 1. The van der Waals surface area contributed by atoms with Gasteiger partial charge in [0.2, 0.25) is 5.91 Å². The van der Waals surface area contributed by atoms with Gasteiger partial charge in [0.25, 0.3) is 5.91 Å². The van der Waals surface area contributed by atoms with Gasteiger partial charge in [0.05, 0.1) is 17.6 Å². The Kier molecular flexibility index (Phi) is 3.65. The number of imide groups is 1. The average molecular weight is 393 g/mol. The Labute approximate surface area is 174 Å². The molecule has 4 heterocycles. The van der Waals surface area contributed by atoms with Crippen LogP contribution in [0.3, 0.4) is 0 Å². The van der Waals surface area contributed by atoms with Gasteiger partial charge in [-0.15, -0.1) is 0 Å². The van der Waals surface area contributed by atoms with E-state index in [0.29, 0.717) is 11.3 Å². The molecule has 2 aromatic carbocycles. The number of fused-ring (bicyclic) bond motifs is 7. The molecule has 30 heavy (non-hydrogen) atoms. The first-order valence-electron chi connectivity index (χ1n) is 10.2. The van der Waals surface area contributed by atoms with Crippen molar-refractivity contribution in [2.75, 3.05) is 16.3 Å². The number of carbonyl (C=O) groups excluding carboxylic acids is 2. The van der Waals surface area contributed by atoms with Crippen LogP contribution in [0.25, 0.3) is 6.08 Å². The molecule has 3 aliphatic heterocycles. The molecular formula is C25H19N3O2. The third kappa shape index (κ3) is 2.32. The lowest BCUT2D eigenvalue weighted by Gasteiger charge is -2.40. The van der Waals surface area contributed by atoms with E-state index < -0.39 is 5.92 Å². The van der Waals surface area contributed by atoms with Gasteiger partial charge < -0.3 is 4.90 Å². The van der Waals surface area contributed by atoms with Gasteiger partial charge in [-0.25, -0.2) is 9.88 Å². The number of aromatic nitrogens is 1. The fourth-order valence-electron chi connectivity index (χ4n) is 5.04. The fourth-order valence-corrected chi connectivity index (χ4v) is 5.04. The third-order valence-electron chi connectivity index (χ3n) is 6.33. The molecule has 1 aromatic heterocycles. The predicted octanol–water partition coefficient (Wildman–Crippen LogP) is 3.77. The van der Waals surface area contributed by atoms with Gasteiger partial charge in [-0.1, -0.05) is 42.5 Å². The first kappa shape index (κ1) is 17.2. The zero-order chi connectivity index (χ0) is 20.2. The lowest BCUT2D eigenvalue weighted by molar-refractivity contribution is -0.122. The monoisotopic (exact) mass is 393 g/mol. The first-order chi connectivity index (χ1) is 14.7. The Morgan fingerprint density at radius 1 is 0.900 bits per heavy atom. The highest BCUT2D eigenvalue weighted by Crippen LogP contribution is 2.48. The molecule has 2 unspecified atom stereocenters. The summed E-state index contributed by atoms with van der Waals surface area (Å²) in [6.45, 7) is 0.760. The van der Waals surface area contributed by atoms with Crippen molar-refractivity contribution in [2.24, 2.45) is 5.92 Å². The fraction of sp³-hybridized carbons (Fsp3) is 0.160. The molecule has 2 atom stereocenters. The van der Waals surface area contributed by atoms with Gasteiger partial charge in [0, 0.05) is 23.9 Å². The Morgan fingerprint density at radius 3 is 2.57 bits per heavy atom. The molecule has 146 valence electrons. The molecule has 0 bridgehead atoms. The normalized spacial score (nSPS) is 21.9. The second-order valence-electron chi connectivity index (χ2n) is 7.89. The van der Waals surface area contributed by atoms with E-state index in [1.807, 2.05) is 60.7 Å². The molecule has 0 saturated carbocycles. The van der Waals surface area contributed by atoms with E-state index in [2.05, 4.69) is 22.0 Å². The molecule has 0 radical (unpaired) electrons. The van der Waals surface area contributed by atoms with Gasteiger partial charge in [0.15, 0.2) is 0 Å². The minimum atomic E-state index is -0.562. The molecule has 0 N–H and O–H groups in total. The van der Waals surface area contributed by atoms with Crippen molar-refractivity contribution < 1.29 is 9.59 Å². The minimum absolute atomic E-state index is 0.169. The highest BCUT2D eigenvalue weighted by atomic mass is 16.2. The largest absolute Gasteiger partial charge is 0.348 e. The van der Waals surface area contributed by atoms with Crippen molar-refractivity contribution in [3.8, 4) is 0 Å². The van der Waals surface area contributed by atoms with Crippen molar-refractivity contribution in [1.82, 2.24) is 4.98 Å². The number of hydrogen-bond acceptors (Lipinski definition) is 4. The summed E-state index contributed by atoms with van der Waals surface area (Å²) in [5, 5.41) is 0. The van der Waals surface area contributed by atoms with E-state index in [1.54, 1.807) is 6.20 Å². The smallest absolute Gasteiger partial charge is 0.261 e. The summed E-state index contributed by atoms with van der Waals surface area (Å²) in [6, 6.07) is 21.0. The van der Waals surface area contributed by atoms with Gasteiger partial charge >= 0.3 is 0 Å². The van der Waals surface area contributed by atoms with Crippen LogP contribution in [-0.2, 0) is 16.0 Å². The molecular weight excluding hydrogens is 374 g/mol. The average Bonchev–Trinajstić information content (AvgIpc) is 2.94. The number of benzene rings is 2. The summed E-state index contributed by atoms with van der Waals surface area (Å²) < 4.78 is 0. The second kappa shape index (κ2) is 6.39. The van der Waals surface area contributed by atoms with Crippen molar-refractivity contribution in [3.05, 3.63) is 95.2 Å². The summed E-state index contributed by atoms with van der Waals surface area (Å²) in [5.41, 5.74) is 4.38. The minimum Gasteiger partial charge on any atom is -0.348 e. The number of amides is 2. The number of nitrogens with zero attached hydrogens (tertiary/aromatic N) is 3. The quantitative estimate of drug-likeness (QED) is 0.591. The molecule has 3 aliphatic rings. The van der Waals surface area contributed by atoms with Crippen LogP contribution >= 0.6 is 0 Å². The molecule has 0 spiro atoms. The van der Waals surface area contributed by atoms with Crippen LogP contribution in [0, 0.1) is 5.92 Å². The SMILES string of the molecule is O=C1C2=Cc3cccnc3N3CCc4ccccc4C3C2C(=O)N1c1ccccc1. The van der Waals surface area contributed by atoms with E-state index in [1.165, 1.54) is 10.5 Å². The maximum absolute atomic E-state index is 13.7. The zero-order valence-electron chi connectivity index (χ0n) is 16.2. The van der Waals surface area contributed by atoms with Gasteiger partial charge in [-0.2, -0.15) is 0 Å².